The van der Waals surface area contributed by atoms with Gasteiger partial charge in [0.05, 0.1) is 5.56 Å². The average molecular weight is 347 g/mol. The van der Waals surface area contributed by atoms with Gasteiger partial charge in [-0.1, -0.05) is 30.0 Å². The summed E-state index contributed by atoms with van der Waals surface area (Å²) in [5.74, 6) is 1.22. The van der Waals surface area contributed by atoms with E-state index in [9.17, 15) is 0 Å². The summed E-state index contributed by atoms with van der Waals surface area (Å²) in [4.78, 5) is 0. The first-order valence-electron chi connectivity index (χ1n) is 5.40. The molecule has 2 rings (SSSR count). The van der Waals surface area contributed by atoms with Gasteiger partial charge in [-0.25, -0.2) is 4.58 Å². The van der Waals surface area contributed by atoms with Crippen LogP contribution in [0.1, 0.15) is 25.8 Å². The molecule has 0 atom stereocenters. The van der Waals surface area contributed by atoms with E-state index in [-0.39, 0.29) is 29.5 Å². The van der Waals surface area contributed by atoms with Crippen molar-refractivity contribution >= 4 is 16.8 Å². The SMILES string of the molecule is C[N+]1=C(c2ccccc2)SCCC1(C)C.[I-]. The second kappa shape index (κ2) is 5.54. The zero-order valence-electron chi connectivity index (χ0n) is 10.0. The van der Waals surface area contributed by atoms with Gasteiger partial charge in [0.25, 0.3) is 0 Å². The van der Waals surface area contributed by atoms with E-state index >= 15 is 0 Å². The zero-order valence-corrected chi connectivity index (χ0v) is 13.0. The van der Waals surface area contributed by atoms with Gasteiger partial charge in [-0.3, -0.25) is 0 Å². The molecule has 1 aliphatic rings. The number of hydrogen-bond donors (Lipinski definition) is 0. The van der Waals surface area contributed by atoms with Crippen molar-refractivity contribution in [3.05, 3.63) is 35.9 Å². The van der Waals surface area contributed by atoms with Gasteiger partial charge < -0.3 is 24.0 Å². The summed E-state index contributed by atoms with van der Waals surface area (Å²) in [6, 6.07) is 10.7. The lowest BCUT2D eigenvalue weighted by molar-refractivity contribution is -0.573. The fraction of sp³-hybridized carbons (Fsp3) is 0.462. The lowest BCUT2D eigenvalue weighted by Crippen LogP contribution is -3.00. The molecule has 16 heavy (non-hydrogen) atoms. The molecule has 0 amide bonds. The number of rotatable bonds is 1. The van der Waals surface area contributed by atoms with Crippen molar-refractivity contribution < 1.29 is 28.6 Å². The quantitative estimate of drug-likeness (QED) is 0.510. The van der Waals surface area contributed by atoms with Gasteiger partial charge in [0.15, 0.2) is 5.54 Å². The maximum Gasteiger partial charge on any atom is 0.242 e. The summed E-state index contributed by atoms with van der Waals surface area (Å²) in [6.07, 6.45) is 1.25. The van der Waals surface area contributed by atoms with Crippen LogP contribution in [0.15, 0.2) is 30.3 Å². The molecule has 1 aliphatic heterocycles. The lowest BCUT2D eigenvalue weighted by Gasteiger charge is -2.26. The normalized spacial score (nSPS) is 19.2. The van der Waals surface area contributed by atoms with E-state index in [0.717, 1.165) is 0 Å². The molecule has 3 heteroatoms. The van der Waals surface area contributed by atoms with Crippen LogP contribution in [-0.4, -0.2) is 28.0 Å². The smallest absolute Gasteiger partial charge is 0.242 e. The van der Waals surface area contributed by atoms with E-state index in [2.05, 4.69) is 55.8 Å². The molecule has 1 aromatic rings. The molecule has 0 aromatic heterocycles. The number of benzene rings is 1. The van der Waals surface area contributed by atoms with Crippen molar-refractivity contribution in [1.29, 1.82) is 0 Å². The van der Waals surface area contributed by atoms with Gasteiger partial charge in [-0.2, -0.15) is 0 Å². The van der Waals surface area contributed by atoms with Crippen LogP contribution in [0.2, 0.25) is 0 Å². The van der Waals surface area contributed by atoms with Crippen LogP contribution < -0.4 is 24.0 Å². The van der Waals surface area contributed by atoms with Gasteiger partial charge in [0.1, 0.15) is 7.05 Å². The first-order chi connectivity index (χ1) is 7.11. The molecule has 0 saturated carbocycles. The Morgan fingerprint density at radius 3 is 2.44 bits per heavy atom. The minimum absolute atomic E-state index is 0. The van der Waals surface area contributed by atoms with Crippen LogP contribution >= 0.6 is 11.8 Å². The predicted molar refractivity (Wildman–Crippen MR) is 67.9 cm³/mol. The molecular weight excluding hydrogens is 329 g/mol. The summed E-state index contributed by atoms with van der Waals surface area (Å²) in [5.41, 5.74) is 1.63. The van der Waals surface area contributed by atoms with E-state index < -0.39 is 0 Å². The molecule has 0 unspecified atom stereocenters. The van der Waals surface area contributed by atoms with Crippen LogP contribution in [0.25, 0.3) is 0 Å². The number of hydrogen-bond acceptors (Lipinski definition) is 1. The summed E-state index contributed by atoms with van der Waals surface area (Å²) in [7, 11) is 2.20. The Bertz CT molecular complexity index is 384. The summed E-state index contributed by atoms with van der Waals surface area (Å²) < 4.78 is 2.41. The van der Waals surface area contributed by atoms with E-state index in [1.165, 1.54) is 22.8 Å². The third kappa shape index (κ3) is 2.80. The highest BCUT2D eigenvalue weighted by Crippen LogP contribution is 2.27. The molecule has 0 radical (unpaired) electrons. The minimum atomic E-state index is 0. The maximum absolute atomic E-state index is 2.41. The Morgan fingerprint density at radius 1 is 1.19 bits per heavy atom. The molecule has 0 bridgehead atoms. The van der Waals surface area contributed by atoms with E-state index in [4.69, 9.17) is 0 Å². The monoisotopic (exact) mass is 347 g/mol. The van der Waals surface area contributed by atoms with Crippen molar-refractivity contribution in [2.45, 2.75) is 25.8 Å². The van der Waals surface area contributed by atoms with Gasteiger partial charge >= 0.3 is 0 Å². The summed E-state index contributed by atoms with van der Waals surface area (Å²) >= 11 is 1.97. The molecule has 1 heterocycles. The van der Waals surface area contributed by atoms with Crippen molar-refractivity contribution in [3.8, 4) is 0 Å². The topological polar surface area (TPSA) is 3.01 Å². The van der Waals surface area contributed by atoms with Crippen LogP contribution in [0.5, 0.6) is 0 Å². The first-order valence-corrected chi connectivity index (χ1v) is 6.39. The Kier molecular flexibility index (Phi) is 4.86. The van der Waals surface area contributed by atoms with Crippen LogP contribution in [0.3, 0.4) is 0 Å². The summed E-state index contributed by atoms with van der Waals surface area (Å²) in [5, 5.41) is 1.41. The van der Waals surface area contributed by atoms with Crippen molar-refractivity contribution in [2.75, 3.05) is 12.8 Å². The average Bonchev–Trinajstić information content (AvgIpc) is 2.23. The second-order valence-corrected chi connectivity index (χ2v) is 5.72. The van der Waals surface area contributed by atoms with Crippen LogP contribution in [0.4, 0.5) is 0 Å². The van der Waals surface area contributed by atoms with Crippen molar-refractivity contribution in [2.24, 2.45) is 0 Å². The fourth-order valence-corrected chi connectivity index (χ4v) is 3.33. The van der Waals surface area contributed by atoms with Gasteiger partial charge in [-0.05, 0) is 26.0 Å². The maximum atomic E-state index is 2.41. The van der Waals surface area contributed by atoms with E-state index in [0.29, 0.717) is 0 Å². The molecule has 88 valence electrons. The molecule has 0 aliphatic carbocycles. The molecule has 0 saturated heterocycles. The molecule has 1 aromatic carbocycles. The molecule has 0 N–H and O–H groups in total. The van der Waals surface area contributed by atoms with E-state index in [1.807, 2.05) is 11.8 Å². The van der Waals surface area contributed by atoms with Crippen LogP contribution in [0, 0.1) is 0 Å². The Hall–Kier alpha value is -0.0300. The van der Waals surface area contributed by atoms with Crippen molar-refractivity contribution in [3.63, 3.8) is 0 Å². The number of thioether (sulfide) groups is 1. The Balaban J connectivity index is 0.00000128. The number of nitrogens with zero attached hydrogens (tertiary/aromatic N) is 1. The third-order valence-corrected chi connectivity index (χ3v) is 4.38. The Labute approximate surface area is 119 Å². The second-order valence-electron chi connectivity index (χ2n) is 4.64. The highest BCUT2D eigenvalue weighted by atomic mass is 127. The molecule has 0 fully saturated rings. The van der Waals surface area contributed by atoms with Crippen LogP contribution in [-0.2, 0) is 0 Å². The number of halogens is 1. The van der Waals surface area contributed by atoms with E-state index in [1.54, 1.807) is 0 Å². The highest BCUT2D eigenvalue weighted by molar-refractivity contribution is 8.14. The third-order valence-electron chi connectivity index (χ3n) is 3.19. The molecule has 1 nitrogen and oxygen atoms in total. The van der Waals surface area contributed by atoms with Gasteiger partial charge in [0.2, 0.25) is 5.04 Å². The summed E-state index contributed by atoms with van der Waals surface area (Å²) in [6.45, 7) is 4.63. The molecular formula is C13H18INS. The highest BCUT2D eigenvalue weighted by Gasteiger charge is 2.35. The molecule has 0 spiro atoms. The van der Waals surface area contributed by atoms with Gasteiger partial charge in [0, 0.05) is 12.2 Å². The first kappa shape index (κ1) is 14.0. The largest absolute Gasteiger partial charge is 1.00 e. The van der Waals surface area contributed by atoms with Gasteiger partial charge in [-0.15, -0.1) is 0 Å². The van der Waals surface area contributed by atoms with Crippen molar-refractivity contribution in [1.82, 2.24) is 0 Å². The Morgan fingerprint density at radius 2 is 1.81 bits per heavy atom. The minimum Gasteiger partial charge on any atom is -1.00 e. The lowest BCUT2D eigenvalue weighted by atomic mass is 10.0. The predicted octanol–water partition coefficient (Wildman–Crippen LogP) is -0.00500. The zero-order chi connectivity index (χ0) is 10.9. The fourth-order valence-electron chi connectivity index (χ4n) is 1.79. The standard InChI is InChI=1S/C13H18NS.HI/c1-13(2)9-10-15-12(14(13)3)11-7-5-4-6-8-11;/h4-8H,9-10H2,1-3H3;1H/q+1;/p-1.